The number of rotatable bonds is 4. The standard InChI is InChI=1S/C11H13NO/c1-2-11(13)7-9-3-5-10(8-12)6-4-9/h2-6H,1,7-8,12H2. The van der Waals surface area contributed by atoms with Gasteiger partial charge in [0.2, 0.25) is 0 Å². The van der Waals surface area contributed by atoms with Gasteiger partial charge in [0.25, 0.3) is 0 Å². The summed E-state index contributed by atoms with van der Waals surface area (Å²) in [6.07, 6.45) is 1.77. The molecule has 0 aliphatic rings. The molecular weight excluding hydrogens is 162 g/mol. The Hall–Kier alpha value is -1.41. The highest BCUT2D eigenvalue weighted by Gasteiger charge is 1.98. The molecule has 0 aliphatic heterocycles. The average Bonchev–Trinajstić information content (AvgIpc) is 2.19. The molecule has 1 rings (SSSR count). The van der Waals surface area contributed by atoms with Crippen LogP contribution in [0.3, 0.4) is 0 Å². The molecule has 0 aromatic heterocycles. The van der Waals surface area contributed by atoms with Gasteiger partial charge in [-0.2, -0.15) is 0 Å². The minimum atomic E-state index is 0.0421. The Bertz CT molecular complexity index is 300. The van der Waals surface area contributed by atoms with Crippen LogP contribution in [0, 0.1) is 0 Å². The van der Waals surface area contributed by atoms with E-state index >= 15 is 0 Å². The molecule has 0 atom stereocenters. The molecule has 0 fully saturated rings. The van der Waals surface area contributed by atoms with Gasteiger partial charge in [0.05, 0.1) is 0 Å². The van der Waals surface area contributed by atoms with Crippen molar-refractivity contribution in [1.82, 2.24) is 0 Å². The van der Waals surface area contributed by atoms with Crippen molar-refractivity contribution >= 4 is 5.78 Å². The number of nitrogens with two attached hydrogens (primary N) is 1. The molecule has 2 heteroatoms. The smallest absolute Gasteiger partial charge is 0.159 e. The van der Waals surface area contributed by atoms with Crippen molar-refractivity contribution in [2.45, 2.75) is 13.0 Å². The minimum Gasteiger partial charge on any atom is -0.326 e. The Balaban J connectivity index is 2.69. The van der Waals surface area contributed by atoms with E-state index in [0.717, 1.165) is 11.1 Å². The first-order valence-corrected chi connectivity index (χ1v) is 4.19. The van der Waals surface area contributed by atoms with Crippen LogP contribution in [0.1, 0.15) is 11.1 Å². The molecule has 13 heavy (non-hydrogen) atoms. The highest BCUT2D eigenvalue weighted by Crippen LogP contribution is 2.04. The summed E-state index contributed by atoms with van der Waals surface area (Å²) in [7, 11) is 0. The van der Waals surface area contributed by atoms with Gasteiger partial charge in [0.1, 0.15) is 0 Å². The van der Waals surface area contributed by atoms with Gasteiger partial charge in [0, 0.05) is 13.0 Å². The van der Waals surface area contributed by atoms with Crippen molar-refractivity contribution in [3.05, 3.63) is 48.0 Å². The predicted octanol–water partition coefficient (Wildman–Crippen LogP) is 1.44. The number of allylic oxidation sites excluding steroid dienone is 1. The number of hydrogen-bond acceptors (Lipinski definition) is 2. The van der Waals surface area contributed by atoms with Crippen molar-refractivity contribution in [3.8, 4) is 0 Å². The van der Waals surface area contributed by atoms with Crippen molar-refractivity contribution in [3.63, 3.8) is 0 Å². The lowest BCUT2D eigenvalue weighted by molar-refractivity contribution is -0.114. The molecule has 1 aromatic rings. The maximum atomic E-state index is 11.0. The molecule has 0 bridgehead atoms. The zero-order valence-electron chi connectivity index (χ0n) is 7.49. The average molecular weight is 175 g/mol. The number of benzene rings is 1. The van der Waals surface area contributed by atoms with Crippen LogP contribution in [0.2, 0.25) is 0 Å². The summed E-state index contributed by atoms with van der Waals surface area (Å²) in [6, 6.07) is 7.71. The molecule has 0 aliphatic carbocycles. The molecule has 0 unspecified atom stereocenters. The summed E-state index contributed by atoms with van der Waals surface area (Å²) in [6.45, 7) is 3.96. The van der Waals surface area contributed by atoms with Crippen molar-refractivity contribution in [1.29, 1.82) is 0 Å². The molecule has 0 spiro atoms. The van der Waals surface area contributed by atoms with Crippen molar-refractivity contribution in [2.75, 3.05) is 0 Å². The number of hydrogen-bond donors (Lipinski definition) is 1. The molecule has 0 radical (unpaired) electrons. The van der Waals surface area contributed by atoms with Crippen LogP contribution in [0.15, 0.2) is 36.9 Å². The number of carbonyl (C=O) groups excluding carboxylic acids is 1. The molecular formula is C11H13NO. The first-order valence-electron chi connectivity index (χ1n) is 4.19. The van der Waals surface area contributed by atoms with Crippen molar-refractivity contribution in [2.24, 2.45) is 5.73 Å². The zero-order chi connectivity index (χ0) is 9.68. The lowest BCUT2D eigenvalue weighted by atomic mass is 10.1. The highest BCUT2D eigenvalue weighted by atomic mass is 16.1. The topological polar surface area (TPSA) is 43.1 Å². The predicted molar refractivity (Wildman–Crippen MR) is 53.2 cm³/mol. The second-order valence-corrected chi connectivity index (χ2v) is 2.87. The molecule has 0 heterocycles. The Morgan fingerprint density at radius 3 is 2.31 bits per heavy atom. The fraction of sp³-hybridized carbons (Fsp3) is 0.182. The Morgan fingerprint density at radius 1 is 1.31 bits per heavy atom. The second kappa shape index (κ2) is 4.58. The maximum Gasteiger partial charge on any atom is 0.159 e. The Morgan fingerprint density at radius 2 is 1.85 bits per heavy atom. The summed E-state index contributed by atoms with van der Waals surface area (Å²) in [5.74, 6) is 0.0421. The third-order valence-corrected chi connectivity index (χ3v) is 1.86. The molecule has 0 saturated heterocycles. The third kappa shape index (κ3) is 2.84. The lowest BCUT2D eigenvalue weighted by Gasteiger charge is -1.99. The first-order chi connectivity index (χ1) is 6.26. The van der Waals surface area contributed by atoms with Crippen LogP contribution < -0.4 is 5.73 Å². The second-order valence-electron chi connectivity index (χ2n) is 2.87. The van der Waals surface area contributed by atoms with E-state index in [1.165, 1.54) is 6.08 Å². The molecule has 2 nitrogen and oxygen atoms in total. The van der Waals surface area contributed by atoms with Gasteiger partial charge in [-0.15, -0.1) is 0 Å². The summed E-state index contributed by atoms with van der Waals surface area (Å²) in [5.41, 5.74) is 7.52. The fourth-order valence-electron chi connectivity index (χ4n) is 1.07. The van der Waals surface area contributed by atoms with Crippen LogP contribution >= 0.6 is 0 Å². The van der Waals surface area contributed by atoms with Gasteiger partial charge in [0.15, 0.2) is 5.78 Å². The van der Waals surface area contributed by atoms with Gasteiger partial charge in [-0.05, 0) is 17.2 Å². The van der Waals surface area contributed by atoms with Crippen molar-refractivity contribution < 1.29 is 4.79 Å². The minimum absolute atomic E-state index is 0.0421. The highest BCUT2D eigenvalue weighted by molar-refractivity contribution is 5.90. The lowest BCUT2D eigenvalue weighted by Crippen LogP contribution is -1.99. The van der Waals surface area contributed by atoms with Gasteiger partial charge in [-0.25, -0.2) is 0 Å². The van der Waals surface area contributed by atoms with Crippen LogP contribution in [0.25, 0.3) is 0 Å². The molecule has 1 aromatic carbocycles. The van der Waals surface area contributed by atoms with E-state index in [2.05, 4.69) is 6.58 Å². The van der Waals surface area contributed by atoms with Gasteiger partial charge in [-0.3, -0.25) is 4.79 Å². The van der Waals surface area contributed by atoms with Gasteiger partial charge < -0.3 is 5.73 Å². The first kappa shape index (κ1) is 9.68. The van der Waals surface area contributed by atoms with Gasteiger partial charge in [-0.1, -0.05) is 30.8 Å². The zero-order valence-corrected chi connectivity index (χ0v) is 7.49. The molecule has 0 amide bonds. The van der Waals surface area contributed by atoms with Crippen LogP contribution in [-0.2, 0) is 17.8 Å². The van der Waals surface area contributed by atoms with E-state index in [1.54, 1.807) is 0 Å². The maximum absolute atomic E-state index is 11.0. The fourth-order valence-corrected chi connectivity index (χ4v) is 1.07. The van der Waals surface area contributed by atoms with E-state index in [1.807, 2.05) is 24.3 Å². The summed E-state index contributed by atoms with van der Waals surface area (Å²) in [5, 5.41) is 0. The molecule has 2 N–H and O–H groups in total. The van der Waals surface area contributed by atoms with E-state index in [4.69, 9.17) is 5.73 Å². The summed E-state index contributed by atoms with van der Waals surface area (Å²) < 4.78 is 0. The van der Waals surface area contributed by atoms with E-state index in [9.17, 15) is 4.79 Å². The monoisotopic (exact) mass is 175 g/mol. The normalized spacial score (nSPS) is 9.62. The van der Waals surface area contributed by atoms with E-state index in [-0.39, 0.29) is 5.78 Å². The van der Waals surface area contributed by atoms with E-state index < -0.39 is 0 Å². The van der Waals surface area contributed by atoms with Crippen LogP contribution in [0.5, 0.6) is 0 Å². The van der Waals surface area contributed by atoms with Gasteiger partial charge >= 0.3 is 0 Å². The summed E-state index contributed by atoms with van der Waals surface area (Å²) >= 11 is 0. The molecule has 68 valence electrons. The summed E-state index contributed by atoms with van der Waals surface area (Å²) in [4.78, 5) is 11.0. The quantitative estimate of drug-likeness (QED) is 0.704. The molecule has 0 saturated carbocycles. The Labute approximate surface area is 78.1 Å². The third-order valence-electron chi connectivity index (χ3n) is 1.86. The SMILES string of the molecule is C=CC(=O)Cc1ccc(CN)cc1. The van der Waals surface area contributed by atoms with Crippen LogP contribution in [-0.4, -0.2) is 5.78 Å². The number of carbonyl (C=O) groups is 1. The van der Waals surface area contributed by atoms with Crippen LogP contribution in [0.4, 0.5) is 0 Å². The number of ketones is 1. The Kier molecular flexibility index (Phi) is 3.41. The largest absolute Gasteiger partial charge is 0.326 e. The van der Waals surface area contributed by atoms with E-state index in [0.29, 0.717) is 13.0 Å².